The molecule has 0 spiro atoms. The van der Waals surface area contributed by atoms with E-state index in [1.165, 1.54) is 51.0 Å². The molecule has 1 atom stereocenters. The molecule has 3 heterocycles. The molecular weight excluding hydrogens is 400 g/mol. The Labute approximate surface area is 195 Å². The lowest BCUT2D eigenvalue weighted by Gasteiger charge is -2.50. The Kier molecular flexibility index (Phi) is 8.32. The van der Waals surface area contributed by atoms with Crippen LogP contribution >= 0.6 is 0 Å². The van der Waals surface area contributed by atoms with Crippen molar-refractivity contribution in [1.29, 1.82) is 0 Å². The van der Waals surface area contributed by atoms with Crippen LogP contribution in [0.1, 0.15) is 46.0 Å². The highest BCUT2D eigenvalue weighted by Gasteiger charge is 2.36. The molecule has 1 aromatic carbocycles. The van der Waals surface area contributed by atoms with Crippen molar-refractivity contribution in [2.75, 3.05) is 64.4 Å². The smallest absolute Gasteiger partial charge is 0.142 e. The van der Waals surface area contributed by atoms with Gasteiger partial charge in [0.1, 0.15) is 5.75 Å². The summed E-state index contributed by atoms with van der Waals surface area (Å²) >= 11 is 0. The summed E-state index contributed by atoms with van der Waals surface area (Å²) in [5.74, 6) is 0.978. The van der Waals surface area contributed by atoms with Gasteiger partial charge >= 0.3 is 0 Å². The summed E-state index contributed by atoms with van der Waals surface area (Å²) < 4.78 is 5.59. The van der Waals surface area contributed by atoms with Gasteiger partial charge in [-0.2, -0.15) is 0 Å². The fraction of sp³-hybridized carbons (Fsp3) is 0.769. The van der Waals surface area contributed by atoms with Crippen molar-refractivity contribution < 1.29 is 9.84 Å². The van der Waals surface area contributed by atoms with Crippen molar-refractivity contribution in [3.63, 3.8) is 0 Å². The van der Waals surface area contributed by atoms with Gasteiger partial charge in [0.2, 0.25) is 0 Å². The van der Waals surface area contributed by atoms with Crippen molar-refractivity contribution in [2.24, 2.45) is 0 Å². The van der Waals surface area contributed by atoms with E-state index in [1.807, 2.05) is 6.07 Å². The molecule has 0 aromatic heterocycles. The van der Waals surface area contributed by atoms with Crippen LogP contribution in [-0.4, -0.2) is 104 Å². The molecule has 3 saturated heterocycles. The lowest BCUT2D eigenvalue weighted by atomic mass is 9.95. The third kappa shape index (κ3) is 5.41. The fourth-order valence-electron chi connectivity index (χ4n) is 6.21. The number of piperazine rings is 1. The maximum atomic E-state index is 9.78. The van der Waals surface area contributed by atoms with E-state index in [0.29, 0.717) is 30.8 Å². The van der Waals surface area contributed by atoms with E-state index in [-0.39, 0.29) is 0 Å². The number of aliphatic hydroxyl groups excluding tert-OH is 1. The first-order valence-electron chi connectivity index (χ1n) is 12.8. The van der Waals surface area contributed by atoms with Crippen LogP contribution in [0, 0.1) is 0 Å². The van der Waals surface area contributed by atoms with Crippen LogP contribution in [0.3, 0.4) is 0 Å². The summed E-state index contributed by atoms with van der Waals surface area (Å²) in [6, 6.07) is 10.9. The number of ether oxygens (including phenoxy) is 1. The van der Waals surface area contributed by atoms with Gasteiger partial charge in [0.05, 0.1) is 12.8 Å². The van der Waals surface area contributed by atoms with E-state index >= 15 is 0 Å². The van der Waals surface area contributed by atoms with Crippen molar-refractivity contribution in [3.8, 4) is 5.75 Å². The lowest BCUT2D eigenvalue weighted by molar-refractivity contribution is -0.0139. The Morgan fingerprint density at radius 2 is 1.62 bits per heavy atom. The molecule has 0 unspecified atom stereocenters. The molecule has 0 radical (unpaired) electrons. The van der Waals surface area contributed by atoms with Crippen molar-refractivity contribution in [2.45, 2.75) is 70.1 Å². The van der Waals surface area contributed by atoms with E-state index in [4.69, 9.17) is 4.74 Å². The number of para-hydroxylation sites is 2. The van der Waals surface area contributed by atoms with Gasteiger partial charge in [-0.15, -0.1) is 0 Å². The Morgan fingerprint density at radius 1 is 0.938 bits per heavy atom. The molecule has 6 heteroatoms. The largest absolute Gasteiger partial charge is 0.495 e. The molecule has 3 aliphatic rings. The van der Waals surface area contributed by atoms with Crippen molar-refractivity contribution in [1.82, 2.24) is 14.7 Å². The standard InChI is InChI=1S/C26H44N4O2/c1-21(2)27-13-10-23(11-14-27)30-18-17-29(20-24(30)12-19-31)22-8-15-28(16-9-22)25-6-4-5-7-26(25)32-3/h4-7,21-24,31H,8-20H2,1-3H3/t24-/m1/s1. The molecule has 3 fully saturated rings. The van der Waals surface area contributed by atoms with E-state index in [1.54, 1.807) is 7.11 Å². The van der Waals surface area contributed by atoms with Gasteiger partial charge in [-0.3, -0.25) is 9.80 Å². The quantitative estimate of drug-likeness (QED) is 0.698. The highest BCUT2D eigenvalue weighted by molar-refractivity contribution is 5.58. The number of piperidine rings is 2. The zero-order chi connectivity index (χ0) is 22.5. The van der Waals surface area contributed by atoms with Crippen molar-refractivity contribution in [3.05, 3.63) is 24.3 Å². The fourth-order valence-corrected chi connectivity index (χ4v) is 6.21. The second-order valence-corrected chi connectivity index (χ2v) is 10.1. The normalized spacial score (nSPS) is 25.5. The third-order valence-corrected chi connectivity index (χ3v) is 8.13. The van der Waals surface area contributed by atoms with Gasteiger partial charge in [-0.25, -0.2) is 0 Å². The zero-order valence-electron chi connectivity index (χ0n) is 20.5. The molecule has 0 aliphatic carbocycles. The third-order valence-electron chi connectivity index (χ3n) is 8.13. The lowest BCUT2D eigenvalue weighted by Crippen LogP contribution is -2.61. The summed E-state index contributed by atoms with van der Waals surface area (Å²) in [6.07, 6.45) is 5.86. The minimum atomic E-state index is 0.298. The molecule has 1 aromatic rings. The van der Waals surface area contributed by atoms with Crippen LogP contribution in [0.2, 0.25) is 0 Å². The van der Waals surface area contributed by atoms with Crippen LogP contribution in [0.4, 0.5) is 5.69 Å². The van der Waals surface area contributed by atoms with Gasteiger partial charge in [-0.05, 0) is 71.2 Å². The predicted molar refractivity (Wildman–Crippen MR) is 132 cm³/mol. The first-order chi connectivity index (χ1) is 15.6. The molecule has 6 nitrogen and oxygen atoms in total. The summed E-state index contributed by atoms with van der Waals surface area (Å²) in [5, 5.41) is 9.78. The molecule has 0 bridgehead atoms. The topological polar surface area (TPSA) is 42.4 Å². The predicted octanol–water partition coefficient (Wildman–Crippen LogP) is 2.91. The second-order valence-electron chi connectivity index (χ2n) is 10.1. The van der Waals surface area contributed by atoms with E-state index in [2.05, 4.69) is 51.6 Å². The number of hydrogen-bond acceptors (Lipinski definition) is 6. The Morgan fingerprint density at radius 3 is 2.28 bits per heavy atom. The van der Waals surface area contributed by atoms with Gasteiger partial charge < -0.3 is 19.6 Å². The SMILES string of the molecule is COc1ccccc1N1CCC(N2CCN(C3CCN(C(C)C)CC3)[C@H](CCO)C2)CC1. The average Bonchev–Trinajstić information content (AvgIpc) is 2.84. The summed E-state index contributed by atoms with van der Waals surface area (Å²) in [7, 11) is 1.76. The molecule has 0 amide bonds. The minimum absolute atomic E-state index is 0.298. The number of hydrogen-bond donors (Lipinski definition) is 1. The Bertz CT molecular complexity index is 699. The molecule has 1 N–H and O–H groups in total. The molecule has 4 rings (SSSR count). The van der Waals surface area contributed by atoms with Gasteiger partial charge in [-0.1, -0.05) is 12.1 Å². The van der Waals surface area contributed by atoms with Gasteiger partial charge in [0, 0.05) is 63.5 Å². The maximum Gasteiger partial charge on any atom is 0.142 e. The van der Waals surface area contributed by atoms with Crippen LogP contribution < -0.4 is 9.64 Å². The highest BCUT2D eigenvalue weighted by atomic mass is 16.5. The number of rotatable bonds is 7. The maximum absolute atomic E-state index is 9.78. The number of anilines is 1. The number of methoxy groups -OCH3 is 1. The van der Waals surface area contributed by atoms with Crippen LogP contribution in [0.15, 0.2) is 24.3 Å². The molecular formula is C26H44N4O2. The summed E-state index contributed by atoms with van der Waals surface area (Å²) in [5.41, 5.74) is 1.23. The Balaban J connectivity index is 1.32. The molecule has 32 heavy (non-hydrogen) atoms. The first kappa shape index (κ1) is 23.8. The van der Waals surface area contributed by atoms with Gasteiger partial charge in [0.15, 0.2) is 0 Å². The minimum Gasteiger partial charge on any atom is -0.495 e. The number of benzene rings is 1. The molecule has 180 valence electrons. The average molecular weight is 445 g/mol. The van der Waals surface area contributed by atoms with Crippen LogP contribution in [-0.2, 0) is 0 Å². The molecule has 0 saturated carbocycles. The monoisotopic (exact) mass is 444 g/mol. The number of nitrogens with zero attached hydrogens (tertiary/aromatic N) is 4. The summed E-state index contributed by atoms with van der Waals surface area (Å²) in [6.45, 7) is 13.0. The highest BCUT2D eigenvalue weighted by Crippen LogP contribution is 2.32. The first-order valence-corrected chi connectivity index (χ1v) is 12.8. The zero-order valence-corrected chi connectivity index (χ0v) is 20.5. The number of aliphatic hydroxyl groups is 1. The number of likely N-dealkylation sites (tertiary alicyclic amines) is 1. The van der Waals surface area contributed by atoms with Crippen LogP contribution in [0.25, 0.3) is 0 Å². The second kappa shape index (κ2) is 11.2. The van der Waals surface area contributed by atoms with E-state index in [0.717, 1.165) is 38.3 Å². The van der Waals surface area contributed by atoms with Gasteiger partial charge in [0.25, 0.3) is 0 Å². The molecule has 3 aliphatic heterocycles. The summed E-state index contributed by atoms with van der Waals surface area (Å²) in [4.78, 5) is 10.6. The van der Waals surface area contributed by atoms with Crippen molar-refractivity contribution >= 4 is 5.69 Å². The van der Waals surface area contributed by atoms with E-state index < -0.39 is 0 Å². The van der Waals surface area contributed by atoms with E-state index in [9.17, 15) is 5.11 Å². The van der Waals surface area contributed by atoms with Crippen LogP contribution in [0.5, 0.6) is 5.75 Å². The Hall–Kier alpha value is -1.34.